The van der Waals surface area contributed by atoms with E-state index in [1.165, 1.54) is 32.1 Å². The Morgan fingerprint density at radius 3 is 2.39 bits per heavy atom. The van der Waals surface area contributed by atoms with E-state index in [-0.39, 0.29) is 5.57 Å². The highest BCUT2D eigenvalue weighted by Crippen LogP contribution is 2.35. The molecule has 0 radical (unpaired) electrons. The average molecular weight is 436 g/mol. The number of nitrogens with one attached hydrogen (secondary N) is 1. The second kappa shape index (κ2) is 11.5. The molecular weight excluding hydrogens is 406 g/mol. The smallest absolute Gasteiger partial charge is 0.266 e. The van der Waals surface area contributed by atoms with Crippen LogP contribution in [-0.2, 0) is 4.79 Å². The van der Waals surface area contributed by atoms with Crippen molar-refractivity contribution in [2.24, 2.45) is 0 Å². The molecule has 3 rings (SSSR count). The van der Waals surface area contributed by atoms with Crippen LogP contribution in [0.15, 0.2) is 65.2 Å². The van der Waals surface area contributed by atoms with E-state index in [4.69, 9.17) is 4.74 Å². The Kier molecular flexibility index (Phi) is 8.43. The van der Waals surface area contributed by atoms with Gasteiger partial charge in [-0.1, -0.05) is 69.4 Å². The van der Waals surface area contributed by atoms with Crippen molar-refractivity contribution in [1.29, 1.82) is 5.26 Å². The van der Waals surface area contributed by atoms with Gasteiger partial charge in [0.2, 0.25) is 0 Å². The van der Waals surface area contributed by atoms with E-state index in [0.29, 0.717) is 11.6 Å². The topological polar surface area (TPSA) is 65.4 Å². The fourth-order valence-electron chi connectivity index (χ4n) is 3.62. The number of hydrogen-bond acceptors (Lipinski definition) is 5. The molecule has 1 atom stereocenters. The van der Waals surface area contributed by atoms with Crippen LogP contribution in [0.3, 0.4) is 0 Å². The summed E-state index contributed by atoms with van der Waals surface area (Å²) in [5.74, 6) is 0.387. The summed E-state index contributed by atoms with van der Waals surface area (Å²) in [6.07, 6.45) is 6.90. The van der Waals surface area contributed by atoms with Gasteiger partial charge in [0.25, 0.3) is 5.91 Å². The predicted molar refractivity (Wildman–Crippen MR) is 127 cm³/mol. The van der Waals surface area contributed by atoms with Crippen LogP contribution in [0.4, 0.5) is 5.69 Å². The first-order valence-corrected chi connectivity index (χ1v) is 11.3. The van der Waals surface area contributed by atoms with E-state index in [0.717, 1.165) is 23.4 Å². The molecule has 1 unspecified atom stereocenters. The molecule has 0 saturated heterocycles. The van der Waals surface area contributed by atoms with Crippen molar-refractivity contribution < 1.29 is 9.53 Å². The molecule has 1 aliphatic heterocycles. The maximum absolute atomic E-state index is 12.4. The highest BCUT2D eigenvalue weighted by Gasteiger charge is 2.33. The summed E-state index contributed by atoms with van der Waals surface area (Å²) in [4.78, 5) is 14.3. The Morgan fingerprint density at radius 2 is 1.71 bits per heavy atom. The van der Waals surface area contributed by atoms with Crippen LogP contribution in [0.25, 0.3) is 0 Å². The van der Waals surface area contributed by atoms with Crippen LogP contribution in [0, 0.1) is 11.3 Å². The number of nitriles is 1. The monoisotopic (exact) mass is 435 g/mol. The van der Waals surface area contributed by atoms with E-state index in [1.54, 1.807) is 0 Å². The lowest BCUT2D eigenvalue weighted by Gasteiger charge is -2.38. The number of ether oxygens (including phenoxy) is 1. The van der Waals surface area contributed by atoms with Crippen LogP contribution >= 0.6 is 12.6 Å². The summed E-state index contributed by atoms with van der Waals surface area (Å²) >= 11 is 4.52. The van der Waals surface area contributed by atoms with Gasteiger partial charge < -0.3 is 15.0 Å². The number of anilines is 1. The number of para-hydroxylation sites is 1. The third-order valence-corrected chi connectivity index (χ3v) is 5.75. The van der Waals surface area contributed by atoms with Crippen LogP contribution in [0.2, 0.25) is 0 Å². The maximum Gasteiger partial charge on any atom is 0.266 e. The zero-order chi connectivity index (χ0) is 22.1. The van der Waals surface area contributed by atoms with Crippen molar-refractivity contribution in [3.8, 4) is 11.8 Å². The molecule has 1 N–H and O–H groups in total. The number of thiol groups is 1. The summed E-state index contributed by atoms with van der Waals surface area (Å²) in [6, 6.07) is 19.3. The lowest BCUT2D eigenvalue weighted by molar-refractivity contribution is -0.118. The minimum absolute atomic E-state index is 0.00215. The first-order chi connectivity index (χ1) is 15.2. The SMILES string of the molecule is CCCCCCCCOc1ccc(C2NC(=O)C(C#N)=C(S)N2c2ccccc2)cc1. The number of carbonyl (C=O) groups excluding carboxylic acids is 1. The zero-order valence-corrected chi connectivity index (χ0v) is 18.8. The van der Waals surface area contributed by atoms with Gasteiger partial charge in [-0.25, -0.2) is 0 Å². The summed E-state index contributed by atoms with van der Waals surface area (Å²) in [5.41, 5.74) is 1.73. The Bertz CT molecular complexity index is 935. The van der Waals surface area contributed by atoms with E-state index >= 15 is 0 Å². The molecule has 31 heavy (non-hydrogen) atoms. The molecule has 1 heterocycles. The van der Waals surface area contributed by atoms with Crippen molar-refractivity contribution in [3.05, 3.63) is 70.8 Å². The van der Waals surface area contributed by atoms with Crippen LogP contribution < -0.4 is 15.0 Å². The molecule has 1 aliphatic rings. The molecule has 0 bridgehead atoms. The number of benzene rings is 2. The lowest BCUT2D eigenvalue weighted by atomic mass is 10.1. The van der Waals surface area contributed by atoms with Gasteiger partial charge in [0.1, 0.15) is 23.6 Å². The fraction of sp³-hybridized carbons (Fsp3) is 0.360. The molecule has 0 aromatic heterocycles. The lowest BCUT2D eigenvalue weighted by Crippen LogP contribution is -2.46. The first-order valence-electron chi connectivity index (χ1n) is 10.9. The quantitative estimate of drug-likeness (QED) is 0.370. The number of unbranched alkanes of at least 4 members (excludes halogenated alkanes) is 5. The maximum atomic E-state index is 12.4. The number of nitrogens with zero attached hydrogens (tertiary/aromatic N) is 2. The largest absolute Gasteiger partial charge is 0.494 e. The molecule has 0 fully saturated rings. The summed E-state index contributed by atoms with van der Waals surface area (Å²) in [5, 5.41) is 12.7. The molecule has 162 valence electrons. The van der Waals surface area contributed by atoms with Gasteiger partial charge in [0.05, 0.1) is 11.6 Å². The number of rotatable bonds is 10. The highest BCUT2D eigenvalue weighted by molar-refractivity contribution is 7.84. The number of amides is 1. The summed E-state index contributed by atoms with van der Waals surface area (Å²) < 4.78 is 5.87. The minimum Gasteiger partial charge on any atom is -0.494 e. The van der Waals surface area contributed by atoms with E-state index in [9.17, 15) is 10.1 Å². The molecule has 0 spiro atoms. The van der Waals surface area contributed by atoms with Gasteiger partial charge in [0, 0.05) is 5.69 Å². The van der Waals surface area contributed by atoms with Crippen LogP contribution in [0.5, 0.6) is 5.75 Å². The predicted octanol–water partition coefficient (Wildman–Crippen LogP) is 5.73. The van der Waals surface area contributed by atoms with Crippen molar-refractivity contribution in [3.63, 3.8) is 0 Å². The van der Waals surface area contributed by atoms with Gasteiger partial charge in [-0.2, -0.15) is 5.26 Å². The highest BCUT2D eigenvalue weighted by atomic mass is 32.1. The summed E-state index contributed by atoms with van der Waals surface area (Å²) in [7, 11) is 0. The molecule has 2 aromatic rings. The van der Waals surface area contributed by atoms with E-state index in [2.05, 4.69) is 24.9 Å². The number of carbonyl (C=O) groups is 1. The Labute approximate surface area is 190 Å². The Hall–Kier alpha value is -2.91. The molecule has 5 nitrogen and oxygen atoms in total. The van der Waals surface area contributed by atoms with Gasteiger partial charge >= 0.3 is 0 Å². The summed E-state index contributed by atoms with van der Waals surface area (Å²) in [6.45, 7) is 2.93. The normalized spacial score (nSPS) is 16.1. The molecular formula is C25H29N3O2S. The standard InChI is InChI=1S/C25H29N3O2S/c1-2-3-4-5-6-10-17-30-21-15-13-19(14-16-21)23-27-24(29)22(18-26)25(31)28(23)20-11-8-7-9-12-20/h7-9,11-16,23,31H,2-6,10,17H2,1H3,(H,27,29). The van der Waals surface area contributed by atoms with E-state index in [1.807, 2.05) is 65.6 Å². The minimum atomic E-state index is -0.466. The second-order valence-corrected chi connectivity index (χ2v) is 8.00. The van der Waals surface area contributed by atoms with Gasteiger partial charge in [-0.3, -0.25) is 4.79 Å². The van der Waals surface area contributed by atoms with Crippen molar-refractivity contribution in [2.75, 3.05) is 11.5 Å². The van der Waals surface area contributed by atoms with E-state index < -0.39 is 12.1 Å². The van der Waals surface area contributed by atoms with Crippen molar-refractivity contribution >= 4 is 24.2 Å². The second-order valence-electron chi connectivity index (χ2n) is 7.58. The Balaban J connectivity index is 1.70. The average Bonchev–Trinajstić information content (AvgIpc) is 2.79. The molecule has 1 amide bonds. The molecule has 0 aliphatic carbocycles. The molecule has 0 saturated carbocycles. The van der Waals surface area contributed by atoms with Gasteiger partial charge in [-0.15, -0.1) is 12.6 Å². The van der Waals surface area contributed by atoms with Crippen molar-refractivity contribution in [2.45, 2.75) is 51.6 Å². The zero-order valence-electron chi connectivity index (χ0n) is 17.9. The first kappa shape index (κ1) is 22.8. The van der Waals surface area contributed by atoms with Crippen LogP contribution in [-0.4, -0.2) is 12.5 Å². The van der Waals surface area contributed by atoms with Gasteiger partial charge in [-0.05, 0) is 36.2 Å². The van der Waals surface area contributed by atoms with Crippen molar-refractivity contribution in [1.82, 2.24) is 5.32 Å². The molecule has 2 aromatic carbocycles. The third kappa shape index (κ3) is 5.83. The van der Waals surface area contributed by atoms with Gasteiger partial charge in [0.15, 0.2) is 0 Å². The third-order valence-electron chi connectivity index (χ3n) is 5.31. The molecule has 6 heteroatoms. The Morgan fingerprint density at radius 1 is 1.03 bits per heavy atom. The number of hydrogen-bond donors (Lipinski definition) is 2. The van der Waals surface area contributed by atoms with Crippen LogP contribution in [0.1, 0.15) is 57.2 Å². The fourth-order valence-corrected chi connectivity index (χ4v) is 4.00.